The van der Waals surface area contributed by atoms with Gasteiger partial charge in [-0.3, -0.25) is 14.2 Å². The second-order valence-corrected chi connectivity index (χ2v) is 9.97. The molecule has 3 aromatic heterocycles. The molecule has 1 atom stereocenters. The molecule has 3 fully saturated rings. The zero-order chi connectivity index (χ0) is 20.6. The highest BCUT2D eigenvalue weighted by molar-refractivity contribution is 7.09. The van der Waals surface area contributed by atoms with E-state index in [-0.39, 0.29) is 0 Å². The van der Waals surface area contributed by atoms with Crippen molar-refractivity contribution in [3.8, 4) is 0 Å². The largest absolute Gasteiger partial charge is 0.378 e. The van der Waals surface area contributed by atoms with E-state index in [0.29, 0.717) is 6.04 Å². The van der Waals surface area contributed by atoms with Crippen LogP contribution in [0.25, 0.3) is 5.65 Å². The number of thiazole rings is 1. The first-order valence-corrected chi connectivity index (χ1v) is 12.4. The van der Waals surface area contributed by atoms with Crippen LogP contribution in [0.1, 0.15) is 29.6 Å². The van der Waals surface area contributed by atoms with E-state index < -0.39 is 0 Å². The molecule has 8 heteroatoms. The lowest BCUT2D eigenvalue weighted by molar-refractivity contribution is 0.0639. The lowest BCUT2D eigenvalue weighted by Gasteiger charge is -2.40. The van der Waals surface area contributed by atoms with Gasteiger partial charge in [0.05, 0.1) is 31.5 Å². The van der Waals surface area contributed by atoms with Crippen molar-refractivity contribution in [3.63, 3.8) is 0 Å². The van der Waals surface area contributed by atoms with Crippen LogP contribution < -0.4 is 4.90 Å². The molecular formula is C23H30N6OS. The first kappa shape index (κ1) is 19.7. The third kappa shape index (κ3) is 4.22. The summed E-state index contributed by atoms with van der Waals surface area (Å²) >= 11 is 1.75. The predicted octanol–water partition coefficient (Wildman–Crippen LogP) is 2.90. The van der Waals surface area contributed by atoms with E-state index in [0.717, 1.165) is 64.0 Å². The Balaban J connectivity index is 1.29. The molecule has 2 aliphatic heterocycles. The summed E-state index contributed by atoms with van der Waals surface area (Å²) in [6.45, 7) is 8.84. The Morgan fingerprint density at radius 1 is 1.10 bits per heavy atom. The van der Waals surface area contributed by atoms with Gasteiger partial charge < -0.3 is 9.64 Å². The van der Waals surface area contributed by atoms with Gasteiger partial charge in [0.2, 0.25) is 0 Å². The molecular weight excluding hydrogens is 408 g/mol. The maximum absolute atomic E-state index is 5.56. The molecule has 0 amide bonds. The van der Waals surface area contributed by atoms with Crippen molar-refractivity contribution in [2.45, 2.75) is 25.4 Å². The average molecular weight is 439 g/mol. The monoisotopic (exact) mass is 438 g/mol. The number of hydrogen-bond acceptors (Lipinski definition) is 7. The van der Waals surface area contributed by atoms with Crippen molar-refractivity contribution in [1.82, 2.24) is 24.2 Å². The Morgan fingerprint density at radius 3 is 2.81 bits per heavy atom. The van der Waals surface area contributed by atoms with E-state index in [1.165, 1.54) is 35.9 Å². The minimum Gasteiger partial charge on any atom is -0.378 e. The Hall–Kier alpha value is -2.00. The van der Waals surface area contributed by atoms with Gasteiger partial charge in [-0.25, -0.2) is 9.97 Å². The number of anilines is 1. The van der Waals surface area contributed by atoms with Crippen LogP contribution in [0.15, 0.2) is 36.0 Å². The maximum atomic E-state index is 5.56. The standard InChI is InChI=1S/C23H30N6OS/c1-2-21-25-19(15-29(21)23(3-1)27-9-11-30-12-10-27)20-16-26(17-22-24-6-13-31-22)7-8-28(20)14-18-4-5-18/h1-3,6,13,15,18,20H,4-5,7-12,14,16-17H2. The van der Waals surface area contributed by atoms with Crippen LogP contribution in [0, 0.1) is 5.92 Å². The van der Waals surface area contributed by atoms with Crippen LogP contribution in [0.2, 0.25) is 0 Å². The fourth-order valence-corrected chi connectivity index (χ4v) is 5.56. The van der Waals surface area contributed by atoms with Crippen LogP contribution in [0.3, 0.4) is 0 Å². The second-order valence-electron chi connectivity index (χ2n) is 8.99. The van der Waals surface area contributed by atoms with Crippen LogP contribution >= 0.6 is 11.3 Å². The molecule has 3 aromatic rings. The molecule has 1 saturated carbocycles. The van der Waals surface area contributed by atoms with Gasteiger partial charge in [-0.1, -0.05) is 6.07 Å². The molecule has 1 unspecified atom stereocenters. The van der Waals surface area contributed by atoms with Crippen molar-refractivity contribution < 1.29 is 4.74 Å². The highest BCUT2D eigenvalue weighted by atomic mass is 32.1. The smallest absolute Gasteiger partial charge is 0.138 e. The van der Waals surface area contributed by atoms with E-state index in [1.54, 1.807) is 11.3 Å². The molecule has 0 aromatic carbocycles. The molecule has 164 valence electrons. The summed E-state index contributed by atoms with van der Waals surface area (Å²) in [4.78, 5) is 17.3. The summed E-state index contributed by atoms with van der Waals surface area (Å²) in [7, 11) is 0. The van der Waals surface area contributed by atoms with Crippen LogP contribution in [-0.4, -0.2) is 76.7 Å². The van der Waals surface area contributed by atoms with Gasteiger partial charge >= 0.3 is 0 Å². The van der Waals surface area contributed by atoms with Crippen molar-refractivity contribution >= 4 is 22.8 Å². The molecule has 0 spiro atoms. The SMILES string of the molecule is c1cc(N2CCOCC2)n2cc(C3CN(Cc4nccs4)CCN3CC3CC3)nc2c1. The maximum Gasteiger partial charge on any atom is 0.138 e. The highest BCUT2D eigenvalue weighted by Crippen LogP contribution is 2.35. The zero-order valence-corrected chi connectivity index (χ0v) is 18.7. The number of fused-ring (bicyclic) bond motifs is 1. The highest BCUT2D eigenvalue weighted by Gasteiger charge is 2.34. The molecule has 0 bridgehead atoms. The number of pyridine rings is 1. The first-order valence-electron chi connectivity index (χ1n) is 11.5. The third-order valence-corrected chi connectivity index (χ3v) is 7.54. The number of morpholine rings is 1. The number of piperazine rings is 1. The topological polar surface area (TPSA) is 49.1 Å². The fourth-order valence-electron chi connectivity index (χ4n) is 4.90. The minimum absolute atomic E-state index is 0.340. The summed E-state index contributed by atoms with van der Waals surface area (Å²) in [5.41, 5.74) is 2.24. The summed E-state index contributed by atoms with van der Waals surface area (Å²) in [5, 5.41) is 3.28. The van der Waals surface area contributed by atoms with E-state index in [9.17, 15) is 0 Å². The van der Waals surface area contributed by atoms with Crippen molar-refractivity contribution in [3.05, 3.63) is 46.7 Å². The third-order valence-electron chi connectivity index (χ3n) is 6.77. The summed E-state index contributed by atoms with van der Waals surface area (Å²) in [6.07, 6.45) is 6.98. The Labute approximate surface area is 187 Å². The van der Waals surface area contributed by atoms with Gasteiger partial charge in [0.25, 0.3) is 0 Å². The van der Waals surface area contributed by atoms with Crippen LogP contribution in [-0.2, 0) is 11.3 Å². The van der Waals surface area contributed by atoms with Crippen molar-refractivity contribution in [2.24, 2.45) is 5.92 Å². The van der Waals surface area contributed by atoms with E-state index in [1.807, 2.05) is 6.20 Å². The zero-order valence-electron chi connectivity index (χ0n) is 17.9. The number of nitrogens with zero attached hydrogens (tertiary/aromatic N) is 6. The molecule has 0 N–H and O–H groups in total. The summed E-state index contributed by atoms with van der Waals surface area (Å²) in [6, 6.07) is 6.82. The lowest BCUT2D eigenvalue weighted by Crippen LogP contribution is -2.48. The predicted molar refractivity (Wildman–Crippen MR) is 123 cm³/mol. The molecule has 6 rings (SSSR count). The minimum atomic E-state index is 0.340. The van der Waals surface area contributed by atoms with Gasteiger partial charge in [-0.15, -0.1) is 11.3 Å². The number of aromatic nitrogens is 3. The molecule has 3 aliphatic rings. The Kier molecular flexibility index (Phi) is 5.39. The van der Waals surface area contributed by atoms with Crippen molar-refractivity contribution in [2.75, 3.05) is 57.4 Å². The van der Waals surface area contributed by atoms with Gasteiger partial charge in [-0.05, 0) is 30.9 Å². The first-order chi connectivity index (χ1) is 15.3. The van der Waals surface area contributed by atoms with E-state index in [2.05, 4.69) is 53.9 Å². The van der Waals surface area contributed by atoms with Gasteiger partial charge in [0.1, 0.15) is 16.5 Å². The van der Waals surface area contributed by atoms with Gasteiger partial charge in [-0.2, -0.15) is 0 Å². The number of imidazole rings is 1. The Bertz CT molecular complexity index is 1010. The van der Waals surface area contributed by atoms with Crippen molar-refractivity contribution in [1.29, 1.82) is 0 Å². The molecule has 0 radical (unpaired) electrons. The number of rotatable bonds is 6. The van der Waals surface area contributed by atoms with Gasteiger partial charge in [0.15, 0.2) is 0 Å². The van der Waals surface area contributed by atoms with E-state index in [4.69, 9.17) is 9.72 Å². The summed E-state index contributed by atoms with van der Waals surface area (Å²) < 4.78 is 7.85. The average Bonchev–Trinajstić information content (AvgIpc) is 3.29. The molecule has 31 heavy (non-hydrogen) atoms. The molecule has 7 nitrogen and oxygen atoms in total. The van der Waals surface area contributed by atoms with Gasteiger partial charge in [0, 0.05) is 57.0 Å². The fraction of sp³-hybridized carbons (Fsp3) is 0.565. The quantitative estimate of drug-likeness (QED) is 0.590. The van der Waals surface area contributed by atoms with Crippen LogP contribution in [0.4, 0.5) is 5.82 Å². The Morgan fingerprint density at radius 2 is 2.00 bits per heavy atom. The number of ether oxygens (including phenoxy) is 1. The lowest BCUT2D eigenvalue weighted by atomic mass is 10.1. The molecule has 5 heterocycles. The molecule has 1 aliphatic carbocycles. The second kappa shape index (κ2) is 8.50. The number of hydrogen-bond donors (Lipinski definition) is 0. The normalized spacial score (nSPS) is 23.6. The summed E-state index contributed by atoms with van der Waals surface area (Å²) in [5.74, 6) is 2.11. The van der Waals surface area contributed by atoms with Crippen LogP contribution in [0.5, 0.6) is 0 Å². The molecule has 2 saturated heterocycles. The van der Waals surface area contributed by atoms with E-state index >= 15 is 0 Å².